The molecule has 0 bridgehead atoms. The Morgan fingerprint density at radius 1 is 0.750 bits per heavy atom. The van der Waals surface area contributed by atoms with Crippen LogP contribution in [0.3, 0.4) is 0 Å². The largest absolute Gasteiger partial charge is 4.00 e. The zero-order valence-electron chi connectivity index (χ0n) is 2.26. The maximum absolute atomic E-state index is 0. The van der Waals surface area contributed by atoms with Crippen molar-refractivity contribution in [2.75, 3.05) is 0 Å². The summed E-state index contributed by atoms with van der Waals surface area (Å²) in [5.41, 5.74) is 0. The van der Waals surface area contributed by atoms with Gasteiger partial charge in [0.05, 0.1) is 0 Å². The van der Waals surface area contributed by atoms with Crippen LogP contribution in [0.15, 0.2) is 0 Å². The first-order chi connectivity index (χ1) is 0. The summed E-state index contributed by atoms with van der Waals surface area (Å²) in [5, 5.41) is 0. The fourth-order valence-corrected chi connectivity index (χ4v) is 0. The Labute approximate surface area is 67.3 Å². The van der Waals surface area contributed by atoms with Crippen LogP contribution in [0.2, 0.25) is 0 Å². The minimum atomic E-state index is 0. The average Bonchev–Trinajstić information content (AvgIpc) is 0. The molecule has 16 valence electrons. The molecule has 0 aromatic carbocycles. The van der Waals surface area contributed by atoms with Gasteiger partial charge in [-0.15, -0.1) is 0 Å². The van der Waals surface area contributed by atoms with Crippen LogP contribution in [0.1, 0.15) is 0 Å². The van der Waals surface area contributed by atoms with E-state index in [2.05, 4.69) is 0 Å². The van der Waals surface area contributed by atoms with Gasteiger partial charge in [-0.2, -0.15) is 0 Å². The van der Waals surface area contributed by atoms with Gasteiger partial charge in [0.15, 0.2) is 0 Å². The van der Waals surface area contributed by atoms with E-state index in [0.29, 0.717) is 0 Å². The van der Waals surface area contributed by atoms with Crippen LogP contribution in [0.4, 0.5) is 0 Å². The molecular formula is F2LiTh+3. The fourth-order valence-electron chi connectivity index (χ4n) is 0. The first-order valence-corrected chi connectivity index (χ1v) is 0. The molecule has 0 aliphatic rings. The first kappa shape index (κ1) is 41.6. The standard InChI is InChI=1S/2FH.Li.Th/h2*1H;;/q;;+1;+4/p-2. The Hall–Kier alpha value is 1.78. The van der Waals surface area contributed by atoms with Crippen molar-refractivity contribution in [2.45, 2.75) is 0 Å². The Balaban J connectivity index is 0. The molecule has 4 heavy (non-hydrogen) atoms. The van der Waals surface area contributed by atoms with Crippen LogP contribution in [-0.4, -0.2) is 0 Å². The predicted molar refractivity (Wildman–Crippen MR) is 0 cm³/mol. The Kier molecular flexibility index (Phi) is 224. The summed E-state index contributed by atoms with van der Waals surface area (Å²) in [7, 11) is 0. The van der Waals surface area contributed by atoms with Gasteiger partial charge in [0.1, 0.15) is 0 Å². The average molecular weight is 277 g/mol. The minimum Gasteiger partial charge on any atom is -1.00 e. The second-order valence-corrected chi connectivity index (χ2v) is 0. The molecule has 0 aromatic rings. The maximum atomic E-state index is 0. The molecule has 0 aliphatic carbocycles. The number of hydrogen-bond acceptors (Lipinski definition) is 0. The second kappa shape index (κ2) is 21.5. The van der Waals surface area contributed by atoms with E-state index < -0.39 is 0 Å². The van der Waals surface area contributed by atoms with Gasteiger partial charge >= 0.3 is 58.8 Å². The molecule has 0 radical (unpaired) electrons. The van der Waals surface area contributed by atoms with Gasteiger partial charge in [0.25, 0.3) is 0 Å². The molecule has 0 aliphatic heterocycles. The predicted octanol–water partition coefficient (Wildman–Crippen LogP) is -8.99. The number of halogens is 2. The number of rotatable bonds is 0. The Morgan fingerprint density at radius 3 is 0.750 bits per heavy atom. The van der Waals surface area contributed by atoms with Crippen LogP contribution in [-0.2, 0) is 0 Å². The van der Waals surface area contributed by atoms with Crippen LogP contribution >= 0.6 is 0 Å². The second-order valence-electron chi connectivity index (χ2n) is 0. The molecule has 0 amide bonds. The van der Waals surface area contributed by atoms with Crippen molar-refractivity contribution in [1.82, 2.24) is 0 Å². The maximum Gasteiger partial charge on any atom is 4.00 e. The molecule has 0 fully saturated rings. The molecule has 0 nitrogen and oxygen atoms in total. The van der Waals surface area contributed by atoms with E-state index in [1.165, 1.54) is 0 Å². The van der Waals surface area contributed by atoms with Gasteiger partial charge in [0, 0.05) is 0 Å². The van der Waals surface area contributed by atoms with Crippen LogP contribution in [0.25, 0.3) is 0 Å². The molecular weight excluding hydrogens is 277 g/mol. The van der Waals surface area contributed by atoms with Crippen molar-refractivity contribution >= 4 is 0 Å². The molecule has 0 unspecified atom stereocenters. The molecule has 0 atom stereocenters. The molecule has 0 rings (SSSR count). The van der Waals surface area contributed by atoms with Gasteiger partial charge in [-0.1, -0.05) is 0 Å². The fraction of sp³-hybridized carbons (Fsp3) is 0. The summed E-state index contributed by atoms with van der Waals surface area (Å²) in [6, 6.07) is 0. The van der Waals surface area contributed by atoms with Crippen molar-refractivity contribution in [3.05, 3.63) is 0 Å². The summed E-state index contributed by atoms with van der Waals surface area (Å²) in [4.78, 5) is 0. The van der Waals surface area contributed by atoms with Crippen LogP contribution in [0, 0.1) is 39.9 Å². The van der Waals surface area contributed by atoms with Crippen LogP contribution < -0.4 is 28.3 Å². The third-order valence-electron chi connectivity index (χ3n) is 0. The zero-order valence-corrected chi connectivity index (χ0v) is 6.37. The quantitative estimate of drug-likeness (QED) is 0.386. The van der Waals surface area contributed by atoms with Gasteiger partial charge in [0.2, 0.25) is 0 Å². The summed E-state index contributed by atoms with van der Waals surface area (Å²) in [5.74, 6) is 0. The van der Waals surface area contributed by atoms with E-state index in [9.17, 15) is 0 Å². The third-order valence-corrected chi connectivity index (χ3v) is 0. The molecule has 0 N–H and O–H groups in total. The van der Waals surface area contributed by atoms with E-state index in [1.807, 2.05) is 0 Å². The van der Waals surface area contributed by atoms with Gasteiger partial charge in [-0.3, -0.25) is 0 Å². The normalized spacial score (nSPS) is 0. The van der Waals surface area contributed by atoms with Gasteiger partial charge in [-0.05, 0) is 0 Å². The van der Waals surface area contributed by atoms with E-state index in [-0.39, 0.29) is 68.2 Å². The minimum absolute atomic E-state index is 0. The van der Waals surface area contributed by atoms with E-state index in [4.69, 9.17) is 0 Å². The summed E-state index contributed by atoms with van der Waals surface area (Å²) >= 11 is 0. The van der Waals surface area contributed by atoms with Gasteiger partial charge in [-0.25, -0.2) is 0 Å². The topological polar surface area (TPSA) is 0 Å². The third kappa shape index (κ3) is 9.22. The molecule has 0 aromatic heterocycles. The number of hydrogen-bond donors (Lipinski definition) is 0. The van der Waals surface area contributed by atoms with Crippen molar-refractivity contribution in [3.8, 4) is 0 Å². The summed E-state index contributed by atoms with van der Waals surface area (Å²) < 4.78 is 0. The first-order valence-electron chi connectivity index (χ1n) is 0. The smallest absolute Gasteiger partial charge is 1.00 e. The van der Waals surface area contributed by atoms with Crippen molar-refractivity contribution in [2.24, 2.45) is 0 Å². The SMILES string of the molecule is [F-].[F-].[Li+].[Th+4]. The van der Waals surface area contributed by atoms with Crippen molar-refractivity contribution in [1.29, 1.82) is 0 Å². The van der Waals surface area contributed by atoms with Crippen LogP contribution in [0.5, 0.6) is 0 Å². The molecule has 0 saturated heterocycles. The molecule has 0 saturated carbocycles. The zero-order chi connectivity index (χ0) is 0. The van der Waals surface area contributed by atoms with Crippen molar-refractivity contribution < 1.29 is 68.2 Å². The summed E-state index contributed by atoms with van der Waals surface area (Å²) in [6.07, 6.45) is 0. The van der Waals surface area contributed by atoms with E-state index >= 15 is 0 Å². The van der Waals surface area contributed by atoms with Crippen molar-refractivity contribution in [3.63, 3.8) is 0 Å². The van der Waals surface area contributed by atoms with E-state index in [1.54, 1.807) is 0 Å². The summed E-state index contributed by atoms with van der Waals surface area (Å²) in [6.45, 7) is 0. The monoisotopic (exact) mass is 277 g/mol. The molecule has 4 heteroatoms. The Morgan fingerprint density at radius 2 is 0.750 bits per heavy atom. The molecule has 0 spiro atoms. The molecule has 0 heterocycles. The van der Waals surface area contributed by atoms with E-state index in [0.717, 1.165) is 0 Å². The van der Waals surface area contributed by atoms with Gasteiger partial charge < -0.3 is 9.41 Å². The Bertz CT molecular complexity index is 6.00.